The fourth-order valence-corrected chi connectivity index (χ4v) is 3.05. The van der Waals surface area contributed by atoms with Gasteiger partial charge in [0.25, 0.3) is 0 Å². The van der Waals surface area contributed by atoms with E-state index in [1.54, 1.807) is 18.4 Å². The molecule has 0 unspecified atom stereocenters. The van der Waals surface area contributed by atoms with E-state index in [2.05, 4.69) is 33.6 Å². The van der Waals surface area contributed by atoms with Crippen LogP contribution in [0.5, 0.6) is 0 Å². The first-order valence-corrected chi connectivity index (χ1v) is 8.58. The van der Waals surface area contributed by atoms with Gasteiger partial charge in [-0.15, -0.1) is 11.3 Å². The van der Waals surface area contributed by atoms with Gasteiger partial charge in [-0.25, -0.2) is 4.98 Å². The number of aromatic nitrogens is 1. The molecule has 0 spiro atoms. The van der Waals surface area contributed by atoms with Crippen LogP contribution in [0.1, 0.15) is 20.3 Å². The van der Waals surface area contributed by atoms with Gasteiger partial charge in [0.05, 0.1) is 0 Å². The fraction of sp³-hybridized carbons (Fsp3) is 0.733. The molecule has 2 N–H and O–H groups in total. The van der Waals surface area contributed by atoms with Gasteiger partial charge in [-0.2, -0.15) is 0 Å². The number of hydrogen-bond donors (Lipinski definition) is 1. The summed E-state index contributed by atoms with van der Waals surface area (Å²) in [6, 6.07) is 0. The molecule has 1 saturated heterocycles. The minimum Gasteiger partial charge on any atom is -0.385 e. The molecule has 1 aliphatic rings. The van der Waals surface area contributed by atoms with Crippen LogP contribution in [0.15, 0.2) is 16.6 Å². The first-order chi connectivity index (χ1) is 10.5. The molecule has 22 heavy (non-hydrogen) atoms. The van der Waals surface area contributed by atoms with Crippen molar-refractivity contribution in [2.75, 3.05) is 51.3 Å². The number of piperazine rings is 1. The van der Waals surface area contributed by atoms with E-state index in [9.17, 15) is 0 Å². The second-order valence-corrected chi connectivity index (χ2v) is 7.24. The molecule has 0 bridgehead atoms. The number of rotatable bonds is 6. The zero-order chi connectivity index (χ0) is 16.0. The Morgan fingerprint density at radius 3 is 2.73 bits per heavy atom. The Bertz CT molecular complexity index is 466. The third-order valence-corrected chi connectivity index (χ3v) is 4.78. The third-order valence-electron chi connectivity index (χ3n) is 3.95. The molecule has 1 aromatic heterocycles. The molecule has 1 fully saturated rings. The summed E-state index contributed by atoms with van der Waals surface area (Å²) < 4.78 is 5.15. The van der Waals surface area contributed by atoms with E-state index >= 15 is 0 Å². The van der Waals surface area contributed by atoms with Gasteiger partial charge in [-0.3, -0.25) is 4.99 Å². The highest BCUT2D eigenvalue weighted by Gasteiger charge is 2.21. The van der Waals surface area contributed by atoms with E-state index in [0.717, 1.165) is 50.9 Å². The van der Waals surface area contributed by atoms with E-state index in [4.69, 9.17) is 10.5 Å². The van der Waals surface area contributed by atoms with Gasteiger partial charge in [0.2, 0.25) is 0 Å². The average molecular weight is 325 g/mol. The van der Waals surface area contributed by atoms with Gasteiger partial charge in [0, 0.05) is 58.0 Å². The molecule has 0 radical (unpaired) electrons. The van der Waals surface area contributed by atoms with Crippen molar-refractivity contribution in [3.8, 4) is 0 Å². The van der Waals surface area contributed by atoms with Gasteiger partial charge in [-0.05, 0) is 11.8 Å². The van der Waals surface area contributed by atoms with Crippen molar-refractivity contribution in [2.45, 2.75) is 20.3 Å². The number of methoxy groups -OCH3 is 1. The second-order valence-electron chi connectivity index (χ2n) is 6.37. The lowest BCUT2D eigenvalue weighted by Crippen LogP contribution is -2.51. The smallest absolute Gasteiger partial charge is 0.191 e. The van der Waals surface area contributed by atoms with Crippen LogP contribution in [0.25, 0.3) is 0 Å². The van der Waals surface area contributed by atoms with Gasteiger partial charge < -0.3 is 20.3 Å². The molecule has 1 aliphatic heterocycles. The molecule has 124 valence electrons. The lowest BCUT2D eigenvalue weighted by atomic mass is 9.90. The molecular formula is C15H27N5OS. The SMILES string of the molecule is COCCC(C)(C)CN=C(N)N1CCN(c2nccs2)CC1. The van der Waals surface area contributed by atoms with Gasteiger partial charge in [0.1, 0.15) is 0 Å². The maximum Gasteiger partial charge on any atom is 0.191 e. The quantitative estimate of drug-likeness (QED) is 0.636. The summed E-state index contributed by atoms with van der Waals surface area (Å²) in [5.41, 5.74) is 6.28. The molecular weight excluding hydrogens is 298 g/mol. The van der Waals surface area contributed by atoms with Crippen molar-refractivity contribution >= 4 is 22.4 Å². The maximum atomic E-state index is 6.16. The Labute approximate surface area is 137 Å². The zero-order valence-corrected chi connectivity index (χ0v) is 14.6. The number of nitrogens with zero attached hydrogens (tertiary/aromatic N) is 4. The van der Waals surface area contributed by atoms with Gasteiger partial charge in [-0.1, -0.05) is 13.8 Å². The Balaban J connectivity index is 1.81. The standard InChI is InChI=1S/C15H27N5OS/c1-15(2,4-10-21-3)12-18-13(16)19-6-8-20(9-7-19)14-17-5-11-22-14/h5,11H,4,6-10,12H2,1-3H3,(H2,16,18). The summed E-state index contributed by atoms with van der Waals surface area (Å²) in [7, 11) is 1.73. The molecule has 0 atom stereocenters. The van der Waals surface area contributed by atoms with Crippen molar-refractivity contribution in [1.82, 2.24) is 9.88 Å². The number of thiazole rings is 1. The summed E-state index contributed by atoms with van der Waals surface area (Å²) >= 11 is 1.68. The van der Waals surface area contributed by atoms with Crippen LogP contribution in [-0.2, 0) is 4.74 Å². The first kappa shape index (κ1) is 17.0. The molecule has 2 rings (SSSR count). The highest BCUT2D eigenvalue weighted by molar-refractivity contribution is 7.13. The van der Waals surface area contributed by atoms with Crippen molar-refractivity contribution in [3.05, 3.63) is 11.6 Å². The molecule has 6 nitrogen and oxygen atoms in total. The highest BCUT2D eigenvalue weighted by atomic mass is 32.1. The minimum atomic E-state index is 0.114. The Hall–Kier alpha value is -1.34. The number of ether oxygens (including phenoxy) is 1. The lowest BCUT2D eigenvalue weighted by molar-refractivity contribution is 0.155. The predicted octanol–water partition coefficient (Wildman–Crippen LogP) is 1.64. The number of nitrogens with two attached hydrogens (primary N) is 1. The Morgan fingerprint density at radius 1 is 1.41 bits per heavy atom. The zero-order valence-electron chi connectivity index (χ0n) is 13.8. The molecule has 0 aromatic carbocycles. The van der Waals surface area contributed by atoms with Crippen LogP contribution in [0.4, 0.5) is 5.13 Å². The van der Waals surface area contributed by atoms with Crippen molar-refractivity contribution in [3.63, 3.8) is 0 Å². The highest BCUT2D eigenvalue weighted by Crippen LogP contribution is 2.21. The van der Waals surface area contributed by atoms with Crippen LogP contribution in [0.3, 0.4) is 0 Å². The van der Waals surface area contributed by atoms with Gasteiger partial charge >= 0.3 is 0 Å². The van der Waals surface area contributed by atoms with E-state index < -0.39 is 0 Å². The Morgan fingerprint density at radius 2 is 2.14 bits per heavy atom. The molecule has 2 heterocycles. The summed E-state index contributed by atoms with van der Waals surface area (Å²) in [5.74, 6) is 0.657. The lowest BCUT2D eigenvalue weighted by Gasteiger charge is -2.35. The first-order valence-electron chi connectivity index (χ1n) is 7.70. The number of anilines is 1. The summed E-state index contributed by atoms with van der Waals surface area (Å²) in [6.07, 6.45) is 2.84. The number of aliphatic imine (C=N–C) groups is 1. The van der Waals surface area contributed by atoms with E-state index in [1.165, 1.54) is 0 Å². The normalized spacial score (nSPS) is 17.1. The fourth-order valence-electron chi connectivity index (χ4n) is 2.35. The topological polar surface area (TPSA) is 67.0 Å². The van der Waals surface area contributed by atoms with E-state index in [-0.39, 0.29) is 5.41 Å². The molecule has 0 amide bonds. The van der Waals surface area contributed by atoms with Crippen molar-refractivity contribution < 1.29 is 4.74 Å². The largest absolute Gasteiger partial charge is 0.385 e. The minimum absolute atomic E-state index is 0.114. The van der Waals surface area contributed by atoms with Crippen LogP contribution in [-0.4, -0.2) is 62.3 Å². The molecule has 1 aromatic rings. The van der Waals surface area contributed by atoms with Crippen LogP contribution >= 0.6 is 11.3 Å². The molecule has 0 saturated carbocycles. The van der Waals surface area contributed by atoms with Crippen LogP contribution in [0.2, 0.25) is 0 Å². The summed E-state index contributed by atoms with van der Waals surface area (Å²) in [6.45, 7) is 9.56. The number of guanidine groups is 1. The van der Waals surface area contributed by atoms with E-state index in [1.807, 2.05) is 11.6 Å². The van der Waals surface area contributed by atoms with Crippen LogP contribution in [0, 0.1) is 5.41 Å². The summed E-state index contributed by atoms with van der Waals surface area (Å²) in [5, 5.41) is 3.11. The molecule has 0 aliphatic carbocycles. The third kappa shape index (κ3) is 4.84. The summed E-state index contributed by atoms with van der Waals surface area (Å²) in [4.78, 5) is 13.4. The van der Waals surface area contributed by atoms with Gasteiger partial charge in [0.15, 0.2) is 11.1 Å². The maximum absolute atomic E-state index is 6.16. The monoisotopic (exact) mass is 325 g/mol. The Kier molecular flexibility index (Phi) is 6.02. The van der Waals surface area contributed by atoms with Crippen molar-refractivity contribution in [1.29, 1.82) is 0 Å². The van der Waals surface area contributed by atoms with Crippen LogP contribution < -0.4 is 10.6 Å². The average Bonchev–Trinajstić information content (AvgIpc) is 3.05. The predicted molar refractivity (Wildman–Crippen MR) is 92.7 cm³/mol. The second kappa shape index (κ2) is 7.78. The van der Waals surface area contributed by atoms with E-state index in [0.29, 0.717) is 5.96 Å². The molecule has 7 heteroatoms. The number of hydrogen-bond acceptors (Lipinski definition) is 5. The van der Waals surface area contributed by atoms with Crippen molar-refractivity contribution in [2.24, 2.45) is 16.1 Å².